The number of carbonyl (C=O) groups is 4. The number of Topliss-reactive ketones (excluding diaryl/α,β-unsaturated/α-hetero) is 1. The van der Waals surface area contributed by atoms with Gasteiger partial charge in [-0.3, -0.25) is 14.4 Å². The standard InChI is InChI=1S/C37H47BF3N5O8/c1-33(2,3)52-32(50)43-28(20-24-15-17-26(18-16-24)37(39,40)41)30(48)46-21-27(14-11-19-38-53-34(4,5)35(6,7)54-38)36(23-46,44-45-42)31(49)51-22-29(47)25-12-9-8-10-13-25/h8-10,12-13,15-18,27-28H,11,14,19-23H2,1-7H3,(H,43,50)/t27-,28-,36?/m0/s1. The van der Waals surface area contributed by atoms with Gasteiger partial charge in [-0.25, -0.2) is 4.79 Å². The number of alkyl halides is 3. The van der Waals surface area contributed by atoms with E-state index in [0.29, 0.717) is 23.9 Å². The van der Waals surface area contributed by atoms with Crippen molar-refractivity contribution in [2.45, 2.75) is 109 Å². The van der Waals surface area contributed by atoms with Gasteiger partial charge in [-0.05, 0) is 84.4 Å². The van der Waals surface area contributed by atoms with Crippen LogP contribution in [0.1, 0.15) is 82.8 Å². The molecule has 54 heavy (non-hydrogen) atoms. The van der Waals surface area contributed by atoms with E-state index in [4.69, 9.17) is 18.8 Å². The Morgan fingerprint density at radius 2 is 1.63 bits per heavy atom. The number of carbonyl (C=O) groups excluding carboxylic acids is 4. The summed E-state index contributed by atoms with van der Waals surface area (Å²) in [6, 6.07) is 10.9. The van der Waals surface area contributed by atoms with E-state index in [9.17, 15) is 37.9 Å². The van der Waals surface area contributed by atoms with Crippen LogP contribution >= 0.6 is 0 Å². The maximum atomic E-state index is 14.3. The number of amides is 2. The minimum absolute atomic E-state index is 0.123. The van der Waals surface area contributed by atoms with Gasteiger partial charge in [0.15, 0.2) is 17.9 Å². The second-order valence-corrected chi connectivity index (χ2v) is 15.6. The molecule has 0 saturated carbocycles. The Morgan fingerprint density at radius 1 is 1.02 bits per heavy atom. The van der Waals surface area contributed by atoms with Crippen LogP contribution in [0.15, 0.2) is 59.7 Å². The Labute approximate surface area is 313 Å². The zero-order valence-electron chi connectivity index (χ0n) is 31.6. The number of ether oxygens (including phenoxy) is 2. The number of hydrogen-bond donors (Lipinski definition) is 1. The fraction of sp³-hybridized carbons (Fsp3) is 0.568. The second kappa shape index (κ2) is 16.4. The Hall–Kier alpha value is -4.60. The molecule has 0 bridgehead atoms. The first-order valence-corrected chi connectivity index (χ1v) is 17.7. The molecule has 2 heterocycles. The first kappa shape index (κ1) is 42.2. The lowest BCUT2D eigenvalue weighted by molar-refractivity contribution is -0.150. The van der Waals surface area contributed by atoms with E-state index in [-0.39, 0.29) is 19.4 Å². The molecule has 2 aromatic carbocycles. The lowest BCUT2D eigenvalue weighted by Gasteiger charge is -2.32. The van der Waals surface area contributed by atoms with Gasteiger partial charge in [0.05, 0.1) is 16.8 Å². The van der Waals surface area contributed by atoms with Crippen LogP contribution in [0, 0.1) is 5.92 Å². The van der Waals surface area contributed by atoms with Crippen molar-refractivity contribution in [3.63, 3.8) is 0 Å². The predicted molar refractivity (Wildman–Crippen MR) is 192 cm³/mol. The molecule has 2 aliphatic heterocycles. The zero-order valence-corrected chi connectivity index (χ0v) is 31.6. The summed E-state index contributed by atoms with van der Waals surface area (Å²) in [6.07, 6.45) is -4.72. The highest BCUT2D eigenvalue weighted by Crippen LogP contribution is 2.41. The molecule has 17 heteroatoms. The van der Waals surface area contributed by atoms with Gasteiger partial charge in [0, 0.05) is 35.9 Å². The van der Waals surface area contributed by atoms with E-state index in [1.54, 1.807) is 51.1 Å². The number of rotatable bonds is 13. The molecule has 0 aromatic heterocycles. The number of ketones is 1. The number of hydrogen-bond acceptors (Lipinski definition) is 9. The molecule has 292 valence electrons. The van der Waals surface area contributed by atoms with Crippen molar-refractivity contribution in [2.24, 2.45) is 11.0 Å². The molecule has 0 spiro atoms. The summed E-state index contributed by atoms with van der Waals surface area (Å²) < 4.78 is 62.9. The number of esters is 1. The molecule has 2 fully saturated rings. The summed E-state index contributed by atoms with van der Waals surface area (Å²) in [5.41, 5.74) is 5.38. The van der Waals surface area contributed by atoms with E-state index in [1.807, 2.05) is 27.7 Å². The van der Waals surface area contributed by atoms with E-state index in [1.165, 1.54) is 17.0 Å². The van der Waals surface area contributed by atoms with Crippen LogP contribution < -0.4 is 5.32 Å². The smallest absolute Gasteiger partial charge is 0.457 e. The van der Waals surface area contributed by atoms with Gasteiger partial charge >= 0.3 is 25.4 Å². The minimum atomic E-state index is -4.58. The maximum Gasteiger partial charge on any atom is 0.457 e. The van der Waals surface area contributed by atoms with Gasteiger partial charge in [0.25, 0.3) is 0 Å². The van der Waals surface area contributed by atoms with Gasteiger partial charge in [-0.2, -0.15) is 13.2 Å². The van der Waals surface area contributed by atoms with E-state index >= 15 is 0 Å². The van der Waals surface area contributed by atoms with Gasteiger partial charge in [0.2, 0.25) is 5.91 Å². The van der Waals surface area contributed by atoms with Crippen molar-refractivity contribution in [1.82, 2.24) is 10.2 Å². The van der Waals surface area contributed by atoms with Gasteiger partial charge in [-0.1, -0.05) is 54.0 Å². The third-order valence-corrected chi connectivity index (χ3v) is 9.87. The van der Waals surface area contributed by atoms with Crippen LogP contribution in [0.5, 0.6) is 0 Å². The Morgan fingerprint density at radius 3 is 2.19 bits per heavy atom. The molecule has 13 nitrogen and oxygen atoms in total. The third kappa shape index (κ3) is 10.3. The summed E-state index contributed by atoms with van der Waals surface area (Å²) in [6.45, 7) is 11.3. The first-order valence-electron chi connectivity index (χ1n) is 17.7. The Bertz CT molecular complexity index is 1710. The number of halogens is 3. The van der Waals surface area contributed by atoms with Gasteiger partial charge in [0.1, 0.15) is 11.6 Å². The zero-order chi connectivity index (χ0) is 40.1. The highest BCUT2D eigenvalue weighted by Gasteiger charge is 2.55. The van der Waals surface area contributed by atoms with Crippen LogP contribution in [-0.2, 0) is 41.0 Å². The number of benzene rings is 2. The highest BCUT2D eigenvalue weighted by atomic mass is 19.4. The van der Waals surface area contributed by atoms with Crippen LogP contribution in [0.25, 0.3) is 10.4 Å². The number of likely N-dealkylation sites (tertiary alicyclic amines) is 1. The maximum absolute atomic E-state index is 14.3. The lowest BCUT2D eigenvalue weighted by Crippen LogP contribution is -2.52. The molecule has 1 unspecified atom stereocenters. The van der Waals surface area contributed by atoms with Gasteiger partial charge in [-0.15, -0.1) is 0 Å². The fourth-order valence-electron chi connectivity index (χ4n) is 6.38. The average Bonchev–Trinajstić information content (AvgIpc) is 3.54. The van der Waals surface area contributed by atoms with E-state index in [2.05, 4.69) is 15.3 Å². The Kier molecular flexibility index (Phi) is 12.8. The summed E-state index contributed by atoms with van der Waals surface area (Å²) in [5.74, 6) is -3.03. The molecule has 3 atom stereocenters. The molecule has 2 aromatic rings. The molecular formula is C37H47BF3N5O8. The van der Waals surface area contributed by atoms with Crippen molar-refractivity contribution in [1.29, 1.82) is 0 Å². The largest absolute Gasteiger partial charge is 0.457 e. The number of azide groups is 1. The van der Waals surface area contributed by atoms with Gasteiger partial charge < -0.3 is 29.0 Å². The number of alkyl carbamates (subject to hydrolysis) is 1. The molecule has 2 saturated heterocycles. The normalized spacial score (nSPS) is 21.2. The monoisotopic (exact) mass is 757 g/mol. The fourth-order valence-corrected chi connectivity index (χ4v) is 6.38. The molecule has 0 aliphatic carbocycles. The summed E-state index contributed by atoms with van der Waals surface area (Å²) in [7, 11) is -0.565. The third-order valence-electron chi connectivity index (χ3n) is 9.87. The van der Waals surface area contributed by atoms with Crippen LogP contribution in [-0.4, -0.2) is 83.9 Å². The molecule has 1 N–H and O–H groups in total. The van der Waals surface area contributed by atoms with Crippen molar-refractivity contribution >= 4 is 30.9 Å². The predicted octanol–water partition coefficient (Wildman–Crippen LogP) is 6.95. The molecule has 4 rings (SSSR count). The highest BCUT2D eigenvalue weighted by molar-refractivity contribution is 6.45. The lowest BCUT2D eigenvalue weighted by atomic mass is 9.78. The first-order chi connectivity index (χ1) is 25.1. The van der Waals surface area contributed by atoms with Crippen LogP contribution in [0.3, 0.4) is 0 Å². The molecule has 0 radical (unpaired) electrons. The van der Waals surface area contributed by atoms with E-state index in [0.717, 1.165) is 12.1 Å². The van der Waals surface area contributed by atoms with Crippen molar-refractivity contribution in [2.75, 3.05) is 19.7 Å². The number of nitrogens with zero attached hydrogens (tertiary/aromatic N) is 4. The molecule has 2 aliphatic rings. The average molecular weight is 758 g/mol. The topological polar surface area (TPSA) is 169 Å². The molecule has 2 amide bonds. The van der Waals surface area contributed by atoms with E-state index < -0.39 is 90.1 Å². The quantitative estimate of drug-likeness (QED) is 0.0572. The van der Waals surface area contributed by atoms with Crippen LogP contribution in [0.2, 0.25) is 6.32 Å². The number of nitrogens with one attached hydrogen (secondary N) is 1. The summed E-state index contributed by atoms with van der Waals surface area (Å²) >= 11 is 0. The minimum Gasteiger partial charge on any atom is -0.457 e. The van der Waals surface area contributed by atoms with Crippen molar-refractivity contribution in [3.8, 4) is 0 Å². The van der Waals surface area contributed by atoms with Crippen LogP contribution in [0.4, 0.5) is 18.0 Å². The molecular weight excluding hydrogens is 710 g/mol. The van der Waals surface area contributed by atoms with Crippen molar-refractivity contribution in [3.05, 3.63) is 81.7 Å². The van der Waals surface area contributed by atoms with Crippen molar-refractivity contribution < 1.29 is 51.1 Å². The second-order valence-electron chi connectivity index (χ2n) is 15.6. The summed E-state index contributed by atoms with van der Waals surface area (Å²) in [5, 5.41) is 6.45. The Balaban J connectivity index is 1.62. The SMILES string of the molecule is CC(C)(C)OC(=O)N[C@@H](Cc1ccc(C(F)(F)F)cc1)C(=O)N1C[C@H](CCCB2OC(C)(C)C(C)(C)O2)C(N=[N+]=[N-])(C(=O)OCC(=O)c2ccccc2)C1. The summed E-state index contributed by atoms with van der Waals surface area (Å²) in [4.78, 5) is 58.3.